The van der Waals surface area contributed by atoms with Gasteiger partial charge in [-0.2, -0.15) is 0 Å². The Balaban J connectivity index is 2.32. The predicted octanol–water partition coefficient (Wildman–Crippen LogP) is 3.83. The van der Waals surface area contributed by atoms with Crippen LogP contribution in [0.15, 0.2) is 39.8 Å². The number of hydrogen-bond acceptors (Lipinski definition) is 0. The Morgan fingerprint density at radius 3 is 2.67 bits per heavy atom. The molecule has 0 heterocycles. The van der Waals surface area contributed by atoms with Crippen LogP contribution in [-0.2, 0) is 0 Å². The summed E-state index contributed by atoms with van der Waals surface area (Å²) in [6, 6.07) is 10.7. The van der Waals surface area contributed by atoms with E-state index in [2.05, 4.69) is 59.3 Å². The molecule has 0 radical (unpaired) electrons. The summed E-state index contributed by atoms with van der Waals surface area (Å²) < 4.78 is 2.81. The van der Waals surface area contributed by atoms with E-state index in [1.807, 2.05) is 0 Å². The van der Waals surface area contributed by atoms with Gasteiger partial charge in [0.1, 0.15) is 0 Å². The molecule has 1 rings (SSSR count). The summed E-state index contributed by atoms with van der Waals surface area (Å²) in [7, 11) is 0. The van der Waals surface area contributed by atoms with Gasteiger partial charge in [-0.15, -0.1) is 0 Å². The summed E-state index contributed by atoms with van der Waals surface area (Å²) in [5, 5.41) is 0. The number of unbranched alkanes of at least 4 members (excludes halogenated alkanes) is 3. The molecule has 0 nitrogen and oxygen atoms in total. The van der Waals surface area contributed by atoms with Gasteiger partial charge in [-0.3, -0.25) is 0 Å². The van der Waals surface area contributed by atoms with E-state index in [-0.39, 0.29) is 0 Å². The van der Waals surface area contributed by atoms with Crippen LogP contribution in [0.5, 0.6) is 0 Å². The molecule has 0 atom stereocenters. The Kier molecular flexibility index (Phi) is 7.08. The fraction of sp³-hybridized carbons (Fsp3) is 0.385. The average Bonchev–Trinajstić information content (AvgIpc) is 2.26. The van der Waals surface area contributed by atoms with Crippen molar-refractivity contribution in [3.8, 4) is 0 Å². The van der Waals surface area contributed by atoms with Gasteiger partial charge in [0.2, 0.25) is 0 Å². The fourth-order valence-corrected chi connectivity index (χ4v) is 3.96. The zero-order valence-corrected chi connectivity index (χ0v) is 12.4. The molecule has 0 aliphatic rings. The van der Waals surface area contributed by atoms with Crippen molar-refractivity contribution in [2.45, 2.75) is 32.6 Å². The number of hydrogen-bond donors (Lipinski definition) is 0. The Morgan fingerprint density at radius 1 is 1.27 bits per heavy atom. The molecule has 1 aromatic rings. The van der Waals surface area contributed by atoms with E-state index in [1.165, 1.54) is 33.5 Å². The third kappa shape index (κ3) is 6.19. The molecule has 0 aliphatic carbocycles. The Labute approximate surface area is 107 Å². The summed E-state index contributed by atoms with van der Waals surface area (Å²) in [6.07, 6.45) is 7.51. The molecule has 0 amide bonds. The van der Waals surface area contributed by atoms with E-state index < -0.39 is 0 Å². The normalized spacial score (nSPS) is 11.7. The van der Waals surface area contributed by atoms with Crippen LogP contribution in [0.4, 0.5) is 0 Å². The minimum absolute atomic E-state index is 0.452. The van der Waals surface area contributed by atoms with E-state index >= 15 is 0 Å². The van der Waals surface area contributed by atoms with Crippen LogP contribution in [0, 0.1) is 0 Å². The van der Waals surface area contributed by atoms with Crippen molar-refractivity contribution in [3.63, 3.8) is 0 Å². The first-order valence-corrected chi connectivity index (χ1v) is 7.92. The maximum absolute atomic E-state index is 3.66. The second-order valence-corrected chi connectivity index (χ2v) is 7.79. The first-order chi connectivity index (χ1) is 7.33. The van der Waals surface area contributed by atoms with Crippen molar-refractivity contribution in [2.24, 2.45) is 0 Å². The van der Waals surface area contributed by atoms with Gasteiger partial charge >= 0.3 is 108 Å². The zero-order chi connectivity index (χ0) is 10.9. The number of rotatable bonds is 6. The first kappa shape index (κ1) is 13.0. The maximum atomic E-state index is 3.66. The van der Waals surface area contributed by atoms with Gasteiger partial charge in [0, 0.05) is 0 Å². The van der Waals surface area contributed by atoms with Gasteiger partial charge in [-0.1, -0.05) is 0 Å². The van der Waals surface area contributed by atoms with Crippen molar-refractivity contribution < 1.29 is 0 Å². The van der Waals surface area contributed by atoms with Crippen molar-refractivity contribution in [2.75, 3.05) is 0 Å². The summed E-state index contributed by atoms with van der Waals surface area (Å²) in [5.41, 5.74) is 0. The quantitative estimate of drug-likeness (QED) is 0.549. The minimum atomic E-state index is 0.452. The van der Waals surface area contributed by atoms with Crippen LogP contribution < -0.4 is 4.46 Å². The van der Waals surface area contributed by atoms with Crippen LogP contribution in [0.1, 0.15) is 32.6 Å². The van der Waals surface area contributed by atoms with Crippen molar-refractivity contribution in [1.29, 1.82) is 0 Å². The van der Waals surface area contributed by atoms with E-state index in [4.69, 9.17) is 0 Å². The molecule has 0 saturated heterocycles. The topological polar surface area (TPSA) is 0 Å². The molecule has 0 N–H and O–H groups in total. The molecular formula is C13H17BrSe. The molecule has 0 aromatic heterocycles. The van der Waals surface area contributed by atoms with Gasteiger partial charge in [-0.25, -0.2) is 0 Å². The Hall–Kier alpha value is -0.0405. The van der Waals surface area contributed by atoms with Gasteiger partial charge < -0.3 is 0 Å². The van der Waals surface area contributed by atoms with Crippen LogP contribution in [-0.4, -0.2) is 15.0 Å². The number of benzene rings is 1. The molecule has 1 aromatic carbocycles. The standard InChI is InChI=1S/C13H17BrSe/c1-2-3-4-8-11-13(14)15-12-9-6-5-7-10-12/h5-7,9-11H,2-4,8H2,1H3/b13-11-. The fourth-order valence-electron chi connectivity index (χ4n) is 1.25. The van der Waals surface area contributed by atoms with Crippen LogP contribution in [0.2, 0.25) is 0 Å². The van der Waals surface area contributed by atoms with Gasteiger partial charge in [0.15, 0.2) is 0 Å². The molecule has 2 heteroatoms. The molecule has 0 saturated carbocycles. The molecule has 15 heavy (non-hydrogen) atoms. The molecule has 82 valence electrons. The van der Waals surface area contributed by atoms with Crippen LogP contribution in [0.3, 0.4) is 0 Å². The molecule has 0 spiro atoms. The van der Waals surface area contributed by atoms with E-state index in [0.717, 1.165) is 0 Å². The molecule has 0 bridgehead atoms. The third-order valence-electron chi connectivity index (χ3n) is 2.07. The van der Waals surface area contributed by atoms with Crippen molar-refractivity contribution >= 4 is 35.3 Å². The summed E-state index contributed by atoms with van der Waals surface area (Å²) in [4.78, 5) is 0. The summed E-state index contributed by atoms with van der Waals surface area (Å²) in [6.45, 7) is 2.24. The van der Waals surface area contributed by atoms with E-state index in [0.29, 0.717) is 15.0 Å². The summed E-state index contributed by atoms with van der Waals surface area (Å²) >= 11 is 4.11. The molecule has 0 fully saturated rings. The van der Waals surface area contributed by atoms with Crippen LogP contribution >= 0.6 is 15.9 Å². The van der Waals surface area contributed by atoms with E-state index in [1.54, 1.807) is 0 Å². The zero-order valence-electron chi connectivity index (χ0n) is 9.08. The van der Waals surface area contributed by atoms with Gasteiger partial charge in [0.05, 0.1) is 0 Å². The van der Waals surface area contributed by atoms with Crippen LogP contribution in [0.25, 0.3) is 0 Å². The average molecular weight is 332 g/mol. The SMILES string of the molecule is CCCCC/C=C(/Br)[Se]c1ccccc1. The van der Waals surface area contributed by atoms with E-state index in [9.17, 15) is 0 Å². The van der Waals surface area contributed by atoms with Gasteiger partial charge in [-0.05, 0) is 0 Å². The second kappa shape index (κ2) is 8.15. The number of allylic oxidation sites excluding steroid dienone is 1. The molecule has 0 unspecified atom stereocenters. The predicted molar refractivity (Wildman–Crippen MR) is 73.0 cm³/mol. The molecule has 0 aliphatic heterocycles. The number of halogens is 1. The molecular weight excluding hydrogens is 315 g/mol. The third-order valence-corrected chi connectivity index (χ3v) is 5.06. The van der Waals surface area contributed by atoms with Gasteiger partial charge in [0.25, 0.3) is 0 Å². The Bertz CT molecular complexity index is 293. The Morgan fingerprint density at radius 2 is 2.00 bits per heavy atom. The second-order valence-electron chi connectivity index (χ2n) is 3.42. The van der Waals surface area contributed by atoms with Crippen molar-refractivity contribution in [3.05, 3.63) is 39.8 Å². The monoisotopic (exact) mass is 332 g/mol. The summed E-state index contributed by atoms with van der Waals surface area (Å²) in [5.74, 6) is 0. The van der Waals surface area contributed by atoms with Crippen molar-refractivity contribution in [1.82, 2.24) is 0 Å². The first-order valence-electron chi connectivity index (χ1n) is 5.41.